The number of rotatable bonds is 6. The van der Waals surface area contributed by atoms with Gasteiger partial charge in [0.2, 0.25) is 0 Å². The normalized spacial score (nSPS) is 13.0. The van der Waals surface area contributed by atoms with Gasteiger partial charge in [-0.15, -0.1) is 0 Å². The van der Waals surface area contributed by atoms with Gasteiger partial charge in [0, 0.05) is 0 Å². The fourth-order valence-corrected chi connectivity index (χ4v) is 3.97. The summed E-state index contributed by atoms with van der Waals surface area (Å²) in [5, 5.41) is 0. The van der Waals surface area contributed by atoms with Crippen molar-refractivity contribution in [2.75, 3.05) is 0 Å². The molecule has 0 atom stereocenters. The highest BCUT2D eigenvalue weighted by molar-refractivity contribution is 5.70. The Kier molecular flexibility index (Phi) is 6.85. The molecule has 0 unspecified atom stereocenters. The summed E-state index contributed by atoms with van der Waals surface area (Å²) >= 11 is 0. The molecular formula is C28H42. The van der Waals surface area contributed by atoms with Crippen molar-refractivity contribution in [3.8, 4) is 11.1 Å². The monoisotopic (exact) mass is 378 g/mol. The van der Waals surface area contributed by atoms with Crippen LogP contribution in [0.15, 0.2) is 42.5 Å². The molecule has 0 aliphatic carbocycles. The maximum atomic E-state index is 2.42. The van der Waals surface area contributed by atoms with Crippen molar-refractivity contribution < 1.29 is 0 Å². The Morgan fingerprint density at radius 3 is 1.71 bits per heavy atom. The lowest BCUT2D eigenvalue weighted by Crippen LogP contribution is -2.17. The van der Waals surface area contributed by atoms with Crippen LogP contribution in [0, 0.1) is 0 Å². The molecule has 154 valence electrons. The van der Waals surface area contributed by atoms with E-state index in [1.165, 1.54) is 53.5 Å². The van der Waals surface area contributed by atoms with Gasteiger partial charge >= 0.3 is 0 Å². The lowest BCUT2D eigenvalue weighted by molar-refractivity contribution is 0.450. The van der Waals surface area contributed by atoms with Gasteiger partial charge in [-0.2, -0.15) is 0 Å². The first kappa shape index (κ1) is 22.7. The van der Waals surface area contributed by atoms with Crippen molar-refractivity contribution in [2.45, 2.75) is 104 Å². The first-order valence-electron chi connectivity index (χ1n) is 11.1. The summed E-state index contributed by atoms with van der Waals surface area (Å²) in [6.07, 6.45) is 5.19. The minimum atomic E-state index is 0.129. The number of unbranched alkanes of at least 4 members (excludes halogenated alkanes) is 2. The number of benzene rings is 2. The van der Waals surface area contributed by atoms with Crippen LogP contribution in [0.1, 0.15) is 105 Å². The molecule has 0 saturated carbocycles. The quantitative estimate of drug-likeness (QED) is 0.440. The second-order valence-corrected chi connectivity index (χ2v) is 11.2. The predicted octanol–water partition coefficient (Wildman–Crippen LogP) is 8.81. The Morgan fingerprint density at radius 2 is 1.21 bits per heavy atom. The minimum Gasteiger partial charge on any atom is -0.0654 e. The Bertz CT molecular complexity index is 761. The van der Waals surface area contributed by atoms with Gasteiger partial charge in [0.05, 0.1) is 0 Å². The van der Waals surface area contributed by atoms with Crippen LogP contribution in [0.5, 0.6) is 0 Å². The van der Waals surface area contributed by atoms with Gasteiger partial charge < -0.3 is 0 Å². The Morgan fingerprint density at radius 1 is 0.643 bits per heavy atom. The Hall–Kier alpha value is -1.56. The second-order valence-electron chi connectivity index (χ2n) is 11.2. The van der Waals surface area contributed by atoms with E-state index in [0.717, 1.165) is 0 Å². The van der Waals surface area contributed by atoms with Gasteiger partial charge in [-0.05, 0) is 50.5 Å². The largest absolute Gasteiger partial charge is 0.0654 e. The lowest BCUT2D eigenvalue weighted by atomic mass is 9.76. The molecule has 0 aliphatic rings. The van der Waals surface area contributed by atoms with Gasteiger partial charge in [0.1, 0.15) is 0 Å². The van der Waals surface area contributed by atoms with E-state index >= 15 is 0 Å². The maximum absolute atomic E-state index is 2.42. The summed E-state index contributed by atoms with van der Waals surface area (Å²) < 4.78 is 0. The molecule has 0 aromatic heterocycles. The van der Waals surface area contributed by atoms with E-state index in [4.69, 9.17) is 0 Å². The fraction of sp³-hybridized carbons (Fsp3) is 0.571. The third-order valence-electron chi connectivity index (χ3n) is 6.08. The van der Waals surface area contributed by atoms with Crippen molar-refractivity contribution in [3.05, 3.63) is 59.2 Å². The minimum absolute atomic E-state index is 0.129. The molecule has 2 rings (SSSR count). The van der Waals surface area contributed by atoms with Gasteiger partial charge in [-0.25, -0.2) is 0 Å². The lowest BCUT2D eigenvalue weighted by Gasteiger charge is -2.28. The molecule has 2 aromatic rings. The van der Waals surface area contributed by atoms with Crippen molar-refractivity contribution >= 4 is 0 Å². The van der Waals surface area contributed by atoms with Gasteiger partial charge in [0.25, 0.3) is 0 Å². The predicted molar refractivity (Wildman–Crippen MR) is 126 cm³/mol. The molecule has 28 heavy (non-hydrogen) atoms. The van der Waals surface area contributed by atoms with E-state index in [-0.39, 0.29) is 16.2 Å². The molecule has 0 heterocycles. The zero-order valence-corrected chi connectivity index (χ0v) is 19.9. The van der Waals surface area contributed by atoms with Gasteiger partial charge in [-0.1, -0.05) is 124 Å². The Labute approximate surface area is 174 Å². The van der Waals surface area contributed by atoms with E-state index in [1.54, 1.807) is 0 Å². The van der Waals surface area contributed by atoms with Gasteiger partial charge in [0.15, 0.2) is 0 Å². The van der Waals surface area contributed by atoms with Crippen LogP contribution in [0.3, 0.4) is 0 Å². The average Bonchev–Trinajstić information content (AvgIpc) is 2.60. The molecule has 0 heteroatoms. The third-order valence-corrected chi connectivity index (χ3v) is 6.08. The maximum Gasteiger partial charge on any atom is -0.0104 e. The third kappa shape index (κ3) is 5.49. The molecule has 0 N–H and O–H groups in total. The van der Waals surface area contributed by atoms with E-state index in [0.29, 0.717) is 0 Å². The first-order chi connectivity index (χ1) is 12.9. The SMILES string of the molecule is CCCCCC(C)(C)c1ccc(-c2cc(C(C)(C)C)ccc2C(C)(C)C)cc1. The summed E-state index contributed by atoms with van der Waals surface area (Å²) in [6, 6.07) is 16.5. The number of hydrogen-bond acceptors (Lipinski definition) is 0. The molecule has 0 radical (unpaired) electrons. The molecular weight excluding hydrogens is 336 g/mol. The van der Waals surface area contributed by atoms with Crippen molar-refractivity contribution in [3.63, 3.8) is 0 Å². The summed E-state index contributed by atoms with van der Waals surface area (Å²) in [4.78, 5) is 0. The highest BCUT2D eigenvalue weighted by atomic mass is 14.3. The summed E-state index contributed by atoms with van der Waals surface area (Å²) in [5.74, 6) is 0. The Balaban J connectivity index is 2.44. The summed E-state index contributed by atoms with van der Waals surface area (Å²) in [5.41, 5.74) is 7.54. The van der Waals surface area contributed by atoms with E-state index in [1.807, 2.05) is 0 Å². The molecule has 0 nitrogen and oxygen atoms in total. The average molecular weight is 379 g/mol. The van der Waals surface area contributed by atoms with Crippen molar-refractivity contribution in [1.82, 2.24) is 0 Å². The fourth-order valence-electron chi connectivity index (χ4n) is 3.97. The highest BCUT2D eigenvalue weighted by Crippen LogP contribution is 2.38. The zero-order chi connectivity index (χ0) is 21.2. The van der Waals surface area contributed by atoms with Crippen molar-refractivity contribution in [2.24, 2.45) is 0 Å². The summed E-state index contributed by atoms with van der Waals surface area (Å²) in [6.45, 7) is 20.9. The van der Waals surface area contributed by atoms with E-state index in [9.17, 15) is 0 Å². The van der Waals surface area contributed by atoms with Crippen LogP contribution in [-0.2, 0) is 16.2 Å². The highest BCUT2D eigenvalue weighted by Gasteiger charge is 2.23. The second kappa shape index (κ2) is 8.44. The van der Waals surface area contributed by atoms with Crippen LogP contribution in [0.2, 0.25) is 0 Å². The molecule has 0 saturated heterocycles. The first-order valence-corrected chi connectivity index (χ1v) is 11.1. The van der Waals surface area contributed by atoms with E-state index < -0.39 is 0 Å². The zero-order valence-electron chi connectivity index (χ0n) is 19.9. The van der Waals surface area contributed by atoms with Crippen LogP contribution >= 0.6 is 0 Å². The topological polar surface area (TPSA) is 0 Å². The van der Waals surface area contributed by atoms with Crippen molar-refractivity contribution in [1.29, 1.82) is 0 Å². The number of hydrogen-bond donors (Lipinski definition) is 0. The molecule has 0 amide bonds. The molecule has 0 bridgehead atoms. The van der Waals surface area contributed by atoms with Crippen LogP contribution in [-0.4, -0.2) is 0 Å². The molecule has 0 spiro atoms. The smallest absolute Gasteiger partial charge is 0.0104 e. The molecule has 2 aromatic carbocycles. The standard InChI is InChI=1S/C28H42/c1-10-11-12-19-28(8,9)22-15-13-21(14-16-22)24-20-23(26(2,3)4)17-18-25(24)27(5,6)7/h13-18,20H,10-12,19H2,1-9H3. The van der Waals surface area contributed by atoms with Gasteiger partial charge in [-0.3, -0.25) is 0 Å². The molecule has 0 fully saturated rings. The molecule has 0 aliphatic heterocycles. The van der Waals surface area contributed by atoms with E-state index in [2.05, 4.69) is 105 Å². The van der Waals surface area contributed by atoms with Crippen LogP contribution < -0.4 is 0 Å². The van der Waals surface area contributed by atoms with Crippen LogP contribution in [0.25, 0.3) is 11.1 Å². The summed E-state index contributed by atoms with van der Waals surface area (Å²) in [7, 11) is 0. The van der Waals surface area contributed by atoms with Crippen LogP contribution in [0.4, 0.5) is 0 Å².